The highest BCUT2D eigenvalue weighted by Gasteiger charge is 2.09. The first-order valence-electron chi connectivity index (χ1n) is 6.77. The maximum absolute atomic E-state index is 2.27. The van der Waals surface area contributed by atoms with Gasteiger partial charge in [0.25, 0.3) is 0 Å². The minimum atomic E-state index is 1.09. The molecule has 0 bridgehead atoms. The Hall–Kier alpha value is -1.76. The summed E-state index contributed by atoms with van der Waals surface area (Å²) in [4.78, 5) is 0. The molecule has 0 aromatic heterocycles. The van der Waals surface area contributed by atoms with E-state index in [9.17, 15) is 0 Å². The van der Waals surface area contributed by atoms with E-state index in [-0.39, 0.29) is 0 Å². The van der Waals surface area contributed by atoms with Gasteiger partial charge < -0.3 is 0 Å². The molecule has 0 heterocycles. The molecule has 0 N–H and O–H groups in total. The highest BCUT2D eigenvalue weighted by Crippen LogP contribution is 2.28. The van der Waals surface area contributed by atoms with Gasteiger partial charge in [0, 0.05) is 0 Å². The zero-order valence-corrected chi connectivity index (χ0v) is 10.8. The van der Waals surface area contributed by atoms with Gasteiger partial charge in [0.1, 0.15) is 0 Å². The third-order valence-electron chi connectivity index (χ3n) is 3.73. The van der Waals surface area contributed by atoms with Gasteiger partial charge in [0.05, 0.1) is 0 Å². The molecule has 0 aliphatic heterocycles. The molecule has 0 nitrogen and oxygen atoms in total. The van der Waals surface area contributed by atoms with Crippen molar-refractivity contribution < 1.29 is 0 Å². The fourth-order valence-electron chi connectivity index (χ4n) is 2.81. The van der Waals surface area contributed by atoms with Crippen LogP contribution in [0.5, 0.6) is 0 Å². The molecule has 0 saturated heterocycles. The molecule has 3 rings (SSSR count). The first-order valence-corrected chi connectivity index (χ1v) is 6.77. The van der Waals surface area contributed by atoms with Crippen LogP contribution in [0.4, 0.5) is 0 Å². The molecule has 0 fully saturated rings. The second kappa shape index (κ2) is 4.85. The number of rotatable bonds is 2. The van der Waals surface area contributed by atoms with Gasteiger partial charge in [0.2, 0.25) is 0 Å². The van der Waals surface area contributed by atoms with Crippen LogP contribution < -0.4 is 5.46 Å². The van der Waals surface area contributed by atoms with Gasteiger partial charge in [-0.15, -0.1) is 0 Å². The van der Waals surface area contributed by atoms with Gasteiger partial charge in [-0.3, -0.25) is 0 Å². The van der Waals surface area contributed by atoms with Crippen LogP contribution in [-0.2, 0) is 0 Å². The topological polar surface area (TPSA) is 0 Å². The maximum Gasteiger partial charge on any atom is 0.155 e. The summed E-state index contributed by atoms with van der Waals surface area (Å²) in [6, 6.07) is 13.3. The third-order valence-corrected chi connectivity index (χ3v) is 3.73. The SMILES string of the molecule is CBc1cccc2cccc(C3=CC=CCC3)c12. The second-order valence-corrected chi connectivity index (χ2v) is 4.83. The van der Waals surface area contributed by atoms with Crippen molar-refractivity contribution in [1.82, 2.24) is 0 Å². The average Bonchev–Trinajstić information content (AvgIpc) is 2.47. The fraction of sp³-hybridized carbons (Fsp3) is 0.176. The summed E-state index contributed by atoms with van der Waals surface area (Å²) in [5, 5.41) is 2.81. The Kier molecular flexibility index (Phi) is 3.06. The first-order chi connectivity index (χ1) is 8.90. The van der Waals surface area contributed by atoms with Crippen molar-refractivity contribution in [3.05, 3.63) is 60.2 Å². The monoisotopic (exact) mass is 232 g/mol. The van der Waals surface area contributed by atoms with Crippen LogP contribution in [0.25, 0.3) is 16.3 Å². The molecule has 0 spiro atoms. The normalized spacial score (nSPS) is 14.6. The third kappa shape index (κ3) is 1.90. The Balaban J connectivity index is 2.28. The lowest BCUT2D eigenvalue weighted by Gasteiger charge is -2.14. The van der Waals surface area contributed by atoms with Gasteiger partial charge in [-0.2, -0.15) is 0 Å². The smallest absolute Gasteiger partial charge is 0.0849 e. The lowest BCUT2D eigenvalue weighted by Crippen LogP contribution is -2.13. The predicted octanol–water partition coefficient (Wildman–Crippen LogP) is 3.68. The van der Waals surface area contributed by atoms with E-state index in [4.69, 9.17) is 0 Å². The highest BCUT2D eigenvalue weighted by atomic mass is 14.1. The summed E-state index contributed by atoms with van der Waals surface area (Å²) in [7, 11) is 1.09. The molecule has 1 aliphatic rings. The van der Waals surface area contributed by atoms with E-state index in [1.807, 2.05) is 0 Å². The van der Waals surface area contributed by atoms with Crippen LogP contribution in [0.15, 0.2) is 54.6 Å². The van der Waals surface area contributed by atoms with Crippen molar-refractivity contribution in [1.29, 1.82) is 0 Å². The van der Waals surface area contributed by atoms with Crippen LogP contribution in [0.1, 0.15) is 18.4 Å². The van der Waals surface area contributed by atoms with E-state index < -0.39 is 0 Å². The molecule has 18 heavy (non-hydrogen) atoms. The van der Waals surface area contributed by atoms with Gasteiger partial charge in [-0.1, -0.05) is 66.9 Å². The fourth-order valence-corrected chi connectivity index (χ4v) is 2.81. The van der Waals surface area contributed by atoms with Gasteiger partial charge in [-0.25, -0.2) is 0 Å². The minimum absolute atomic E-state index is 1.09. The number of hydrogen-bond acceptors (Lipinski definition) is 0. The van der Waals surface area contributed by atoms with Crippen molar-refractivity contribution in [3.63, 3.8) is 0 Å². The molecule has 1 heteroatoms. The summed E-state index contributed by atoms with van der Waals surface area (Å²) < 4.78 is 0. The molecule has 88 valence electrons. The lowest BCUT2D eigenvalue weighted by atomic mass is 9.70. The number of hydrogen-bond donors (Lipinski definition) is 0. The van der Waals surface area contributed by atoms with E-state index in [1.165, 1.54) is 27.4 Å². The summed E-state index contributed by atoms with van der Waals surface area (Å²) >= 11 is 0. The largest absolute Gasteiger partial charge is 0.155 e. The molecule has 0 atom stereocenters. The highest BCUT2D eigenvalue weighted by molar-refractivity contribution is 6.56. The van der Waals surface area contributed by atoms with Crippen molar-refractivity contribution >= 4 is 29.1 Å². The lowest BCUT2D eigenvalue weighted by molar-refractivity contribution is 1.06. The molecular formula is C17H17B. The Morgan fingerprint density at radius 1 is 1.06 bits per heavy atom. The zero-order chi connectivity index (χ0) is 12.4. The second-order valence-electron chi connectivity index (χ2n) is 4.83. The predicted molar refractivity (Wildman–Crippen MR) is 82.9 cm³/mol. The Morgan fingerprint density at radius 3 is 2.61 bits per heavy atom. The average molecular weight is 232 g/mol. The van der Waals surface area contributed by atoms with Crippen molar-refractivity contribution in [2.75, 3.05) is 0 Å². The van der Waals surface area contributed by atoms with E-state index >= 15 is 0 Å². The van der Waals surface area contributed by atoms with E-state index in [0.29, 0.717) is 0 Å². The van der Waals surface area contributed by atoms with Crippen molar-refractivity contribution in [2.45, 2.75) is 19.7 Å². The zero-order valence-electron chi connectivity index (χ0n) is 10.8. The molecule has 2 aromatic carbocycles. The van der Waals surface area contributed by atoms with Gasteiger partial charge in [-0.05, 0) is 34.8 Å². The standard InChI is InChI=1S/C17H17B/c1-18-16-12-6-10-14-9-5-11-15(17(14)16)13-7-3-2-4-8-13/h2-3,5-7,9-12,18H,4,8H2,1H3. The van der Waals surface area contributed by atoms with Crippen molar-refractivity contribution in [3.8, 4) is 0 Å². The molecule has 0 amide bonds. The quantitative estimate of drug-likeness (QED) is 0.693. The maximum atomic E-state index is 2.27. The summed E-state index contributed by atoms with van der Waals surface area (Å²) in [5.74, 6) is 0. The van der Waals surface area contributed by atoms with Gasteiger partial charge >= 0.3 is 0 Å². The van der Waals surface area contributed by atoms with E-state index in [1.54, 1.807) is 0 Å². The molecule has 2 aromatic rings. The van der Waals surface area contributed by atoms with Crippen LogP contribution in [0.2, 0.25) is 6.82 Å². The molecule has 0 radical (unpaired) electrons. The Bertz CT molecular complexity index is 630. The van der Waals surface area contributed by atoms with E-state index in [2.05, 4.69) is 61.4 Å². The minimum Gasteiger partial charge on any atom is -0.0849 e. The number of fused-ring (bicyclic) bond motifs is 1. The first kappa shape index (κ1) is 11.3. The van der Waals surface area contributed by atoms with Crippen molar-refractivity contribution in [2.24, 2.45) is 0 Å². The van der Waals surface area contributed by atoms with Crippen LogP contribution in [-0.4, -0.2) is 7.28 Å². The molecule has 0 saturated carbocycles. The van der Waals surface area contributed by atoms with E-state index in [0.717, 1.165) is 20.1 Å². The van der Waals surface area contributed by atoms with Crippen LogP contribution >= 0.6 is 0 Å². The number of allylic oxidation sites excluding steroid dienone is 4. The summed E-state index contributed by atoms with van der Waals surface area (Å²) in [6.07, 6.45) is 9.02. The number of benzene rings is 2. The Morgan fingerprint density at radius 2 is 1.89 bits per heavy atom. The molecule has 1 aliphatic carbocycles. The van der Waals surface area contributed by atoms with Crippen LogP contribution in [0, 0.1) is 0 Å². The Labute approximate surface area is 109 Å². The molecular weight excluding hydrogens is 215 g/mol. The van der Waals surface area contributed by atoms with Crippen LogP contribution in [0.3, 0.4) is 0 Å². The summed E-state index contributed by atoms with van der Waals surface area (Å²) in [6.45, 7) is 2.24. The molecule has 0 unspecified atom stereocenters. The summed E-state index contributed by atoms with van der Waals surface area (Å²) in [5.41, 5.74) is 4.36. The van der Waals surface area contributed by atoms with Gasteiger partial charge in [0.15, 0.2) is 7.28 Å².